The van der Waals surface area contributed by atoms with Crippen molar-refractivity contribution in [3.63, 3.8) is 0 Å². The summed E-state index contributed by atoms with van der Waals surface area (Å²) in [6.45, 7) is 11.8. The van der Waals surface area contributed by atoms with E-state index >= 15 is 0 Å². The molecule has 3 aromatic rings. The lowest BCUT2D eigenvalue weighted by Gasteiger charge is -2.28. The molecule has 1 aromatic carbocycles. The molecule has 0 spiro atoms. The molecule has 5 rings (SSSR count). The lowest BCUT2D eigenvalue weighted by atomic mass is 9.82. The van der Waals surface area contributed by atoms with Gasteiger partial charge in [0.25, 0.3) is 0 Å². The number of methoxy groups -OCH3 is 2. The van der Waals surface area contributed by atoms with Crippen molar-refractivity contribution in [1.29, 1.82) is 0 Å². The molecule has 8 nitrogen and oxygen atoms in total. The van der Waals surface area contributed by atoms with Gasteiger partial charge in [0.15, 0.2) is 5.82 Å². The van der Waals surface area contributed by atoms with Crippen LogP contribution in [0.25, 0.3) is 11.5 Å². The molecule has 0 amide bonds. The minimum absolute atomic E-state index is 0.0214. The topological polar surface area (TPSA) is 77.7 Å². The average Bonchev–Trinajstić information content (AvgIpc) is 3.45. The second-order valence-electron chi connectivity index (χ2n) is 10.8. The van der Waals surface area contributed by atoms with Crippen LogP contribution in [0.1, 0.15) is 70.3 Å². The highest BCUT2D eigenvalue weighted by atomic mass is 16.5. The number of anilines is 1. The second-order valence-corrected chi connectivity index (χ2v) is 10.8. The van der Waals surface area contributed by atoms with Gasteiger partial charge in [0.05, 0.1) is 32.6 Å². The minimum Gasteiger partial charge on any atom is -0.496 e. The van der Waals surface area contributed by atoms with Gasteiger partial charge in [-0.3, -0.25) is 4.99 Å². The molecule has 0 radical (unpaired) electrons. The van der Waals surface area contributed by atoms with E-state index in [9.17, 15) is 0 Å². The molecular formula is C28H36N6O2. The Morgan fingerprint density at radius 1 is 1.00 bits per heavy atom. The van der Waals surface area contributed by atoms with E-state index < -0.39 is 0 Å². The largest absolute Gasteiger partial charge is 0.496 e. The number of fused-ring (bicyclic) bond motifs is 1. The SMILES string of the molecule is COc1nc(-c2nc3n(n2)CCC[C@@H]3c2cccc(C(C)(C)C)c2OC)ccc1N1C=NC(C)C1C. The molecule has 0 fully saturated rings. The van der Waals surface area contributed by atoms with E-state index in [2.05, 4.69) is 62.7 Å². The normalized spacial score (nSPS) is 21.5. The van der Waals surface area contributed by atoms with Gasteiger partial charge in [-0.15, -0.1) is 5.10 Å². The fraction of sp³-hybridized carbons (Fsp3) is 0.500. The maximum atomic E-state index is 5.97. The van der Waals surface area contributed by atoms with Crippen LogP contribution in [0.3, 0.4) is 0 Å². The van der Waals surface area contributed by atoms with Crippen LogP contribution in [-0.2, 0) is 12.0 Å². The van der Waals surface area contributed by atoms with Gasteiger partial charge in [0.2, 0.25) is 5.88 Å². The number of hydrogen-bond donors (Lipinski definition) is 0. The van der Waals surface area contributed by atoms with Crippen molar-refractivity contribution in [3.8, 4) is 23.1 Å². The molecule has 8 heteroatoms. The Balaban J connectivity index is 1.53. The van der Waals surface area contributed by atoms with E-state index in [1.807, 2.05) is 23.2 Å². The summed E-state index contributed by atoms with van der Waals surface area (Å²) in [5, 5.41) is 4.86. The van der Waals surface area contributed by atoms with Crippen LogP contribution in [0.15, 0.2) is 35.3 Å². The lowest BCUT2D eigenvalue weighted by molar-refractivity contribution is 0.380. The maximum absolute atomic E-state index is 5.97. The smallest absolute Gasteiger partial charge is 0.238 e. The average molecular weight is 489 g/mol. The first-order valence-electron chi connectivity index (χ1n) is 12.7. The second kappa shape index (κ2) is 9.22. The Morgan fingerprint density at radius 3 is 2.47 bits per heavy atom. The Morgan fingerprint density at radius 2 is 1.81 bits per heavy atom. The van der Waals surface area contributed by atoms with E-state index in [0.29, 0.717) is 17.4 Å². The van der Waals surface area contributed by atoms with E-state index in [1.165, 1.54) is 11.1 Å². The first-order chi connectivity index (χ1) is 17.2. The fourth-order valence-corrected chi connectivity index (χ4v) is 5.23. The van der Waals surface area contributed by atoms with E-state index in [1.54, 1.807) is 14.2 Å². The summed E-state index contributed by atoms with van der Waals surface area (Å²) >= 11 is 0. The van der Waals surface area contributed by atoms with Gasteiger partial charge in [0.1, 0.15) is 23.0 Å². The summed E-state index contributed by atoms with van der Waals surface area (Å²) in [5.74, 6) is 3.18. The van der Waals surface area contributed by atoms with Crippen LogP contribution in [-0.4, -0.2) is 52.4 Å². The Kier molecular flexibility index (Phi) is 6.22. The van der Waals surface area contributed by atoms with Crippen molar-refractivity contribution in [2.45, 2.75) is 77.4 Å². The molecule has 0 bridgehead atoms. The quantitative estimate of drug-likeness (QED) is 0.491. The maximum Gasteiger partial charge on any atom is 0.238 e. The molecule has 0 saturated heterocycles. The van der Waals surface area contributed by atoms with Crippen molar-refractivity contribution in [2.75, 3.05) is 19.1 Å². The van der Waals surface area contributed by atoms with Crippen molar-refractivity contribution in [1.82, 2.24) is 19.7 Å². The van der Waals surface area contributed by atoms with Crippen LogP contribution >= 0.6 is 0 Å². The number of ether oxygens (including phenoxy) is 2. The summed E-state index contributed by atoms with van der Waals surface area (Å²) in [4.78, 5) is 16.4. The van der Waals surface area contributed by atoms with Gasteiger partial charge in [0, 0.05) is 18.0 Å². The highest BCUT2D eigenvalue weighted by molar-refractivity contribution is 5.85. The highest BCUT2D eigenvalue weighted by Crippen LogP contribution is 2.42. The Bertz CT molecular complexity index is 1290. The van der Waals surface area contributed by atoms with Crippen molar-refractivity contribution >= 4 is 12.0 Å². The predicted octanol–water partition coefficient (Wildman–Crippen LogP) is 5.21. The molecule has 36 heavy (non-hydrogen) atoms. The Hall–Kier alpha value is -3.42. The third kappa shape index (κ3) is 4.12. The van der Waals surface area contributed by atoms with Gasteiger partial charge in [-0.1, -0.05) is 39.0 Å². The summed E-state index contributed by atoms with van der Waals surface area (Å²) in [6.07, 6.45) is 3.90. The zero-order chi connectivity index (χ0) is 25.6. The molecule has 2 aliphatic heterocycles. The van der Waals surface area contributed by atoms with Gasteiger partial charge in [-0.25, -0.2) is 14.6 Å². The number of benzene rings is 1. The third-order valence-electron chi connectivity index (χ3n) is 7.41. The summed E-state index contributed by atoms with van der Waals surface area (Å²) in [5.41, 5.74) is 3.94. The van der Waals surface area contributed by atoms with Crippen LogP contribution in [0, 0.1) is 0 Å². The summed E-state index contributed by atoms with van der Waals surface area (Å²) in [6, 6.07) is 10.9. The molecule has 2 aliphatic rings. The monoisotopic (exact) mass is 488 g/mol. The number of aliphatic imine (C=N–C) groups is 1. The fourth-order valence-electron chi connectivity index (χ4n) is 5.23. The molecule has 2 aromatic heterocycles. The molecule has 0 N–H and O–H groups in total. The zero-order valence-electron chi connectivity index (χ0n) is 22.3. The standard InChI is InChI=1S/C28H36N6O2/c1-17-18(2)33(16-29-17)23-14-13-22(30-27(23)36-7)25-31-26-20(11-9-15-34(26)32-25)19-10-8-12-21(24(19)35-6)28(3,4)5/h8,10,12-14,16-18,20H,9,11,15H2,1-7H3/t17?,18?,20-/m1/s1. The van der Waals surface area contributed by atoms with E-state index in [-0.39, 0.29) is 23.4 Å². The van der Waals surface area contributed by atoms with Gasteiger partial charge in [-0.2, -0.15) is 0 Å². The molecule has 190 valence electrons. The van der Waals surface area contributed by atoms with Crippen molar-refractivity contribution < 1.29 is 9.47 Å². The summed E-state index contributed by atoms with van der Waals surface area (Å²) in [7, 11) is 3.41. The minimum atomic E-state index is -0.0214. The Labute approximate surface area is 213 Å². The highest BCUT2D eigenvalue weighted by Gasteiger charge is 2.32. The number of aromatic nitrogens is 4. The van der Waals surface area contributed by atoms with Crippen LogP contribution in [0.2, 0.25) is 0 Å². The van der Waals surface area contributed by atoms with E-state index in [4.69, 9.17) is 24.5 Å². The first-order valence-corrected chi connectivity index (χ1v) is 12.7. The van der Waals surface area contributed by atoms with Gasteiger partial charge in [-0.05, 0) is 49.8 Å². The molecular weight excluding hydrogens is 452 g/mol. The first kappa shape index (κ1) is 24.3. The number of pyridine rings is 1. The number of rotatable bonds is 5. The number of aryl methyl sites for hydroxylation is 1. The molecule has 0 saturated carbocycles. The number of hydrogen-bond acceptors (Lipinski definition) is 7. The van der Waals surface area contributed by atoms with Crippen LogP contribution in [0.5, 0.6) is 11.6 Å². The van der Waals surface area contributed by atoms with Gasteiger partial charge < -0.3 is 14.4 Å². The predicted molar refractivity (Wildman–Crippen MR) is 142 cm³/mol. The van der Waals surface area contributed by atoms with Crippen molar-refractivity contribution in [2.24, 2.45) is 4.99 Å². The molecule has 4 heterocycles. The number of nitrogens with zero attached hydrogens (tertiary/aromatic N) is 6. The molecule has 2 unspecified atom stereocenters. The van der Waals surface area contributed by atoms with Gasteiger partial charge >= 0.3 is 0 Å². The van der Waals surface area contributed by atoms with Crippen LogP contribution in [0.4, 0.5) is 5.69 Å². The zero-order valence-corrected chi connectivity index (χ0v) is 22.3. The third-order valence-corrected chi connectivity index (χ3v) is 7.41. The molecule has 3 atom stereocenters. The lowest BCUT2D eigenvalue weighted by Crippen LogP contribution is -2.32. The summed E-state index contributed by atoms with van der Waals surface area (Å²) < 4.78 is 13.7. The number of para-hydroxylation sites is 1. The van der Waals surface area contributed by atoms with Crippen molar-refractivity contribution in [3.05, 3.63) is 47.3 Å². The van der Waals surface area contributed by atoms with E-state index in [0.717, 1.165) is 36.6 Å². The molecule has 0 aliphatic carbocycles. The van der Waals surface area contributed by atoms with Crippen LogP contribution < -0.4 is 14.4 Å².